The lowest BCUT2D eigenvalue weighted by atomic mass is 10.1. The van der Waals surface area contributed by atoms with E-state index in [1.807, 2.05) is 6.07 Å². The van der Waals surface area contributed by atoms with Gasteiger partial charge >= 0.3 is 5.97 Å². The van der Waals surface area contributed by atoms with E-state index >= 15 is 0 Å². The molecule has 0 aromatic carbocycles. The van der Waals surface area contributed by atoms with Gasteiger partial charge in [-0.2, -0.15) is 0 Å². The van der Waals surface area contributed by atoms with Crippen LogP contribution >= 0.6 is 0 Å². The van der Waals surface area contributed by atoms with Crippen LogP contribution in [0.5, 0.6) is 0 Å². The molecule has 1 N–H and O–H groups in total. The number of rotatable bonds is 3. The molecule has 1 amide bonds. The van der Waals surface area contributed by atoms with Crippen LogP contribution in [-0.4, -0.2) is 33.4 Å². The molecule has 0 radical (unpaired) electrons. The first kappa shape index (κ1) is 13.4. The van der Waals surface area contributed by atoms with Gasteiger partial charge in [-0.3, -0.25) is 4.79 Å². The maximum Gasteiger partial charge on any atom is 0.354 e. The molecule has 6 heteroatoms. The van der Waals surface area contributed by atoms with Crippen LogP contribution in [-0.2, 0) is 0 Å². The third-order valence-electron chi connectivity index (χ3n) is 3.57. The molecule has 6 nitrogen and oxygen atoms in total. The van der Waals surface area contributed by atoms with Crippen molar-refractivity contribution in [3.8, 4) is 0 Å². The molecule has 1 saturated heterocycles. The van der Waals surface area contributed by atoms with E-state index in [0.29, 0.717) is 6.54 Å². The Morgan fingerprint density at radius 1 is 1.24 bits per heavy atom. The summed E-state index contributed by atoms with van der Waals surface area (Å²) in [6.07, 6.45) is 3.30. The number of likely N-dealkylation sites (tertiary alicyclic amines) is 1. The van der Waals surface area contributed by atoms with Crippen LogP contribution in [0.3, 0.4) is 0 Å². The average molecular weight is 286 g/mol. The molecule has 0 spiro atoms. The average Bonchev–Trinajstić information content (AvgIpc) is 3.17. The van der Waals surface area contributed by atoms with E-state index in [9.17, 15) is 9.59 Å². The number of amides is 1. The molecule has 1 atom stereocenters. The second-order valence-corrected chi connectivity index (χ2v) is 4.89. The van der Waals surface area contributed by atoms with Crippen LogP contribution in [0.2, 0.25) is 0 Å². The highest BCUT2D eigenvalue weighted by Gasteiger charge is 2.33. The van der Waals surface area contributed by atoms with Gasteiger partial charge in [0.15, 0.2) is 0 Å². The van der Waals surface area contributed by atoms with Crippen LogP contribution in [0.25, 0.3) is 0 Å². The zero-order valence-electron chi connectivity index (χ0n) is 11.2. The molecular weight excluding hydrogens is 272 g/mol. The van der Waals surface area contributed by atoms with Crippen molar-refractivity contribution in [2.24, 2.45) is 0 Å². The Kier molecular flexibility index (Phi) is 3.43. The Labute approximate surface area is 121 Å². The van der Waals surface area contributed by atoms with Crippen LogP contribution in [0.15, 0.2) is 41.0 Å². The molecule has 2 aromatic rings. The van der Waals surface area contributed by atoms with Crippen LogP contribution in [0, 0.1) is 0 Å². The molecule has 1 fully saturated rings. The summed E-state index contributed by atoms with van der Waals surface area (Å²) < 4.78 is 5.39. The molecule has 0 bridgehead atoms. The van der Waals surface area contributed by atoms with Gasteiger partial charge in [-0.05, 0) is 37.1 Å². The number of carboxylic acids is 1. The highest BCUT2D eigenvalue weighted by molar-refractivity contribution is 5.94. The first-order valence-corrected chi connectivity index (χ1v) is 6.71. The Hall–Kier alpha value is -2.63. The van der Waals surface area contributed by atoms with Crippen molar-refractivity contribution in [1.82, 2.24) is 9.88 Å². The number of hydrogen-bond donors (Lipinski definition) is 1. The van der Waals surface area contributed by atoms with Crippen LogP contribution < -0.4 is 0 Å². The highest BCUT2D eigenvalue weighted by Crippen LogP contribution is 2.33. The van der Waals surface area contributed by atoms with E-state index < -0.39 is 5.97 Å². The summed E-state index contributed by atoms with van der Waals surface area (Å²) >= 11 is 0. The topological polar surface area (TPSA) is 83.6 Å². The fourth-order valence-electron chi connectivity index (χ4n) is 2.61. The van der Waals surface area contributed by atoms with E-state index in [1.54, 1.807) is 17.2 Å². The van der Waals surface area contributed by atoms with Gasteiger partial charge in [-0.15, -0.1) is 0 Å². The normalized spacial score (nSPS) is 17.9. The summed E-state index contributed by atoms with van der Waals surface area (Å²) in [7, 11) is 0. The maximum absolute atomic E-state index is 12.6. The van der Waals surface area contributed by atoms with Crippen molar-refractivity contribution in [2.45, 2.75) is 18.9 Å². The summed E-state index contributed by atoms with van der Waals surface area (Å²) in [5.74, 6) is -0.666. The van der Waals surface area contributed by atoms with Crippen molar-refractivity contribution < 1.29 is 19.1 Å². The predicted molar refractivity (Wildman–Crippen MR) is 72.9 cm³/mol. The summed E-state index contributed by atoms with van der Waals surface area (Å²) in [5.41, 5.74) is 0.0166. The number of carbonyl (C=O) groups is 2. The molecular formula is C15H14N2O4. The van der Waals surface area contributed by atoms with Crippen molar-refractivity contribution in [3.63, 3.8) is 0 Å². The number of hydrogen-bond acceptors (Lipinski definition) is 4. The Bertz CT molecular complexity index is 666. The van der Waals surface area contributed by atoms with E-state index in [2.05, 4.69) is 4.98 Å². The summed E-state index contributed by atoms with van der Waals surface area (Å²) in [6.45, 7) is 0.614. The number of nitrogens with zero attached hydrogens (tertiary/aromatic N) is 2. The van der Waals surface area contributed by atoms with E-state index in [1.165, 1.54) is 18.2 Å². The van der Waals surface area contributed by atoms with E-state index in [4.69, 9.17) is 9.52 Å². The van der Waals surface area contributed by atoms with Crippen molar-refractivity contribution >= 4 is 11.9 Å². The molecule has 1 unspecified atom stereocenters. The number of pyridine rings is 1. The van der Waals surface area contributed by atoms with Crippen molar-refractivity contribution in [3.05, 3.63) is 53.7 Å². The number of carboxylic acid groups (broad SMARTS) is 1. The Morgan fingerprint density at radius 2 is 2.05 bits per heavy atom. The minimum Gasteiger partial charge on any atom is -0.477 e. The van der Waals surface area contributed by atoms with E-state index in [-0.39, 0.29) is 23.3 Å². The maximum atomic E-state index is 12.6. The molecule has 2 aromatic heterocycles. The zero-order valence-corrected chi connectivity index (χ0v) is 11.2. The molecule has 21 heavy (non-hydrogen) atoms. The third-order valence-corrected chi connectivity index (χ3v) is 3.57. The summed E-state index contributed by atoms with van der Waals surface area (Å²) in [4.78, 5) is 29.1. The first-order valence-electron chi connectivity index (χ1n) is 6.71. The van der Waals surface area contributed by atoms with Gasteiger partial charge in [0.05, 0.1) is 12.3 Å². The number of carbonyl (C=O) groups excluding carboxylic acids is 1. The van der Waals surface area contributed by atoms with Crippen molar-refractivity contribution in [1.29, 1.82) is 0 Å². The smallest absolute Gasteiger partial charge is 0.354 e. The number of furan rings is 1. The molecule has 0 aliphatic carbocycles. The summed E-state index contributed by atoms with van der Waals surface area (Å²) in [6, 6.07) is 7.96. The fourth-order valence-corrected chi connectivity index (χ4v) is 2.61. The minimum atomic E-state index is -1.14. The minimum absolute atomic E-state index is 0.109. The van der Waals surface area contributed by atoms with Gasteiger partial charge in [-0.1, -0.05) is 6.07 Å². The monoisotopic (exact) mass is 286 g/mol. The third kappa shape index (κ3) is 2.52. The van der Waals surface area contributed by atoms with E-state index in [0.717, 1.165) is 18.6 Å². The lowest BCUT2D eigenvalue weighted by Crippen LogP contribution is -2.31. The standard InChI is InChI=1S/C15H14N2O4/c18-14(10-4-1-5-11(16-10)15(19)20)17-8-2-6-12(17)13-7-3-9-21-13/h1,3-5,7,9,12H,2,6,8H2,(H,19,20). The Balaban J connectivity index is 1.87. The first-order chi connectivity index (χ1) is 10.2. The SMILES string of the molecule is O=C(O)c1cccc(C(=O)N2CCCC2c2ccco2)n1. The van der Waals surface area contributed by atoms with Gasteiger partial charge in [0.25, 0.3) is 5.91 Å². The molecule has 0 saturated carbocycles. The van der Waals surface area contributed by atoms with Crippen LogP contribution in [0.1, 0.15) is 45.6 Å². The predicted octanol–water partition coefficient (Wildman–Crippen LogP) is 2.35. The lowest BCUT2D eigenvalue weighted by Gasteiger charge is -2.22. The molecule has 3 heterocycles. The molecule has 1 aliphatic heterocycles. The van der Waals surface area contributed by atoms with Gasteiger partial charge in [0.2, 0.25) is 0 Å². The van der Waals surface area contributed by atoms with Crippen LogP contribution in [0.4, 0.5) is 0 Å². The summed E-state index contributed by atoms with van der Waals surface area (Å²) in [5, 5.41) is 8.96. The second kappa shape index (κ2) is 5.40. The lowest BCUT2D eigenvalue weighted by molar-refractivity contribution is 0.0688. The second-order valence-electron chi connectivity index (χ2n) is 4.89. The fraction of sp³-hybridized carbons (Fsp3) is 0.267. The van der Waals surface area contributed by atoms with Gasteiger partial charge in [0, 0.05) is 6.54 Å². The molecule has 3 rings (SSSR count). The highest BCUT2D eigenvalue weighted by atomic mass is 16.4. The van der Waals surface area contributed by atoms with Gasteiger partial charge in [0.1, 0.15) is 17.1 Å². The number of aromatic carboxylic acids is 1. The molecule has 1 aliphatic rings. The van der Waals surface area contributed by atoms with Gasteiger partial charge in [-0.25, -0.2) is 9.78 Å². The Morgan fingerprint density at radius 3 is 2.76 bits per heavy atom. The van der Waals surface area contributed by atoms with Gasteiger partial charge < -0.3 is 14.4 Å². The van der Waals surface area contributed by atoms with Crippen molar-refractivity contribution in [2.75, 3.05) is 6.54 Å². The quantitative estimate of drug-likeness (QED) is 0.936. The molecule has 108 valence electrons. The zero-order chi connectivity index (χ0) is 14.8. The largest absolute Gasteiger partial charge is 0.477 e. The number of aromatic nitrogens is 1.